The molecule has 0 spiro atoms. The molecule has 3 aromatic carbocycles. The fraction of sp³-hybridized carbons (Fsp3) is 0.333. The van der Waals surface area contributed by atoms with Crippen molar-refractivity contribution in [3.05, 3.63) is 94.5 Å². The van der Waals surface area contributed by atoms with Crippen LogP contribution in [0.1, 0.15) is 44.4 Å². The zero-order chi connectivity index (χ0) is 29.0. The third kappa shape index (κ3) is 7.83. The first-order valence-electron chi connectivity index (χ1n) is 12.7. The number of carbonyl (C=O) groups is 2. The van der Waals surface area contributed by atoms with Crippen LogP contribution < -0.4 is 9.62 Å². The molecule has 39 heavy (non-hydrogen) atoms. The molecule has 0 aliphatic carbocycles. The van der Waals surface area contributed by atoms with Crippen LogP contribution in [0.15, 0.2) is 77.7 Å². The molecule has 7 nitrogen and oxygen atoms in total. The first-order chi connectivity index (χ1) is 18.2. The maximum atomic E-state index is 14.0. The molecule has 0 fully saturated rings. The number of sulfonamides is 1. The van der Waals surface area contributed by atoms with E-state index in [2.05, 4.69) is 5.32 Å². The summed E-state index contributed by atoms with van der Waals surface area (Å²) in [7, 11) is -4.18. The molecular weight excluding hydrogens is 534 g/mol. The molecule has 1 N–H and O–H groups in total. The third-order valence-corrected chi connectivity index (χ3v) is 8.20. The van der Waals surface area contributed by atoms with Gasteiger partial charge in [-0.25, -0.2) is 8.42 Å². The summed E-state index contributed by atoms with van der Waals surface area (Å²) in [5.74, 6) is -0.877. The number of hydrogen-bond acceptors (Lipinski definition) is 4. The number of hydrogen-bond donors (Lipinski definition) is 1. The van der Waals surface area contributed by atoms with Gasteiger partial charge in [0.1, 0.15) is 12.6 Å². The van der Waals surface area contributed by atoms with Crippen LogP contribution in [0, 0.1) is 13.8 Å². The standard InChI is InChI=1S/C30H36ClN3O4S/c1-21-14-16-25(17-15-21)39(37,38)34(27-13-8-7-12-26(27)31)20-28(35)33(19-24-11-9-10-22(2)18-24)23(3)29(36)32-30(4,5)6/h7-18,23H,19-20H2,1-6H3,(H,32,36)/t23-/m1/s1. The van der Waals surface area contributed by atoms with Gasteiger partial charge in [0, 0.05) is 12.1 Å². The second-order valence-electron chi connectivity index (χ2n) is 10.7. The van der Waals surface area contributed by atoms with E-state index in [0.29, 0.717) is 0 Å². The third-order valence-electron chi connectivity index (χ3n) is 6.11. The van der Waals surface area contributed by atoms with Crippen molar-refractivity contribution in [3.63, 3.8) is 0 Å². The van der Waals surface area contributed by atoms with Gasteiger partial charge in [0.05, 0.1) is 15.6 Å². The molecule has 0 aliphatic heterocycles. The molecule has 0 radical (unpaired) electrons. The minimum atomic E-state index is -4.18. The quantitative estimate of drug-likeness (QED) is 0.369. The van der Waals surface area contributed by atoms with E-state index in [9.17, 15) is 18.0 Å². The van der Waals surface area contributed by atoms with E-state index in [1.807, 2.05) is 58.9 Å². The maximum Gasteiger partial charge on any atom is 0.264 e. The maximum absolute atomic E-state index is 14.0. The lowest BCUT2D eigenvalue weighted by Crippen LogP contribution is -2.54. The highest BCUT2D eigenvalue weighted by atomic mass is 35.5. The van der Waals surface area contributed by atoms with Crippen LogP contribution in [0.4, 0.5) is 5.69 Å². The summed E-state index contributed by atoms with van der Waals surface area (Å²) in [6.07, 6.45) is 0. The molecule has 0 unspecified atom stereocenters. The van der Waals surface area contributed by atoms with Crippen molar-refractivity contribution >= 4 is 39.1 Å². The van der Waals surface area contributed by atoms with Crippen molar-refractivity contribution in [2.24, 2.45) is 0 Å². The summed E-state index contributed by atoms with van der Waals surface area (Å²) in [6.45, 7) is 10.6. The van der Waals surface area contributed by atoms with Crippen molar-refractivity contribution in [2.75, 3.05) is 10.8 Å². The van der Waals surface area contributed by atoms with Crippen LogP contribution in [0.3, 0.4) is 0 Å². The largest absolute Gasteiger partial charge is 0.350 e. The van der Waals surface area contributed by atoms with Gasteiger partial charge in [-0.3, -0.25) is 13.9 Å². The number of benzene rings is 3. The average Bonchev–Trinajstić information content (AvgIpc) is 2.85. The molecule has 208 valence electrons. The molecule has 3 rings (SSSR count). The predicted octanol–water partition coefficient (Wildman–Crippen LogP) is 5.48. The van der Waals surface area contributed by atoms with Crippen LogP contribution in [-0.4, -0.2) is 43.3 Å². The van der Waals surface area contributed by atoms with Gasteiger partial charge >= 0.3 is 0 Å². The number of para-hydroxylation sites is 1. The van der Waals surface area contributed by atoms with Gasteiger partial charge in [0.25, 0.3) is 10.0 Å². The van der Waals surface area contributed by atoms with E-state index in [1.54, 1.807) is 43.3 Å². The summed E-state index contributed by atoms with van der Waals surface area (Å²) in [5, 5.41) is 3.11. The van der Waals surface area contributed by atoms with Gasteiger partial charge in [0.2, 0.25) is 11.8 Å². The Balaban J connectivity index is 2.05. The van der Waals surface area contributed by atoms with Crippen LogP contribution >= 0.6 is 11.6 Å². The topological polar surface area (TPSA) is 86.8 Å². The van der Waals surface area contributed by atoms with Gasteiger partial charge < -0.3 is 10.2 Å². The fourth-order valence-corrected chi connectivity index (χ4v) is 5.79. The Morgan fingerprint density at radius 1 is 0.923 bits per heavy atom. The Kier molecular flexibility index (Phi) is 9.46. The SMILES string of the molecule is Cc1ccc(S(=O)(=O)N(CC(=O)N(Cc2cccc(C)c2)[C@H](C)C(=O)NC(C)(C)C)c2ccccc2Cl)cc1. The molecule has 2 amide bonds. The van der Waals surface area contributed by atoms with Gasteiger partial charge in [-0.05, 0) is 71.4 Å². The van der Waals surface area contributed by atoms with E-state index >= 15 is 0 Å². The molecule has 3 aromatic rings. The van der Waals surface area contributed by atoms with Crippen LogP contribution in [-0.2, 0) is 26.2 Å². The molecule has 0 saturated carbocycles. The summed E-state index contributed by atoms with van der Waals surface area (Å²) >= 11 is 6.44. The van der Waals surface area contributed by atoms with Gasteiger partial charge in [-0.1, -0.05) is 71.3 Å². The van der Waals surface area contributed by atoms with Crippen molar-refractivity contribution in [2.45, 2.75) is 64.6 Å². The summed E-state index contributed by atoms with van der Waals surface area (Å²) in [6, 6.07) is 19.6. The highest BCUT2D eigenvalue weighted by Crippen LogP contribution is 2.31. The second-order valence-corrected chi connectivity index (χ2v) is 13.0. The number of amides is 2. The Hall–Kier alpha value is -3.36. The lowest BCUT2D eigenvalue weighted by atomic mass is 10.1. The summed E-state index contributed by atoms with van der Waals surface area (Å²) in [4.78, 5) is 28.6. The molecule has 1 atom stereocenters. The van der Waals surface area contributed by atoms with Crippen LogP contribution in [0.2, 0.25) is 5.02 Å². The van der Waals surface area contributed by atoms with Crippen molar-refractivity contribution in [1.29, 1.82) is 0 Å². The average molecular weight is 570 g/mol. The number of anilines is 1. The highest BCUT2D eigenvalue weighted by molar-refractivity contribution is 7.92. The van der Waals surface area contributed by atoms with Crippen molar-refractivity contribution in [1.82, 2.24) is 10.2 Å². The van der Waals surface area contributed by atoms with E-state index < -0.39 is 34.1 Å². The molecule has 0 aromatic heterocycles. The Bertz CT molecular complexity index is 1430. The molecule has 0 saturated heterocycles. The number of nitrogens with one attached hydrogen (secondary N) is 1. The van der Waals surface area contributed by atoms with Gasteiger partial charge in [-0.2, -0.15) is 0 Å². The monoisotopic (exact) mass is 569 g/mol. The number of halogens is 1. The molecule has 0 bridgehead atoms. The zero-order valence-corrected chi connectivity index (χ0v) is 24.8. The molecular formula is C30H36ClN3O4S. The van der Waals surface area contributed by atoms with E-state index in [4.69, 9.17) is 11.6 Å². The molecule has 0 aliphatic rings. The minimum Gasteiger partial charge on any atom is -0.350 e. The highest BCUT2D eigenvalue weighted by Gasteiger charge is 2.34. The first kappa shape index (κ1) is 30.2. The van der Waals surface area contributed by atoms with Crippen LogP contribution in [0.25, 0.3) is 0 Å². The first-order valence-corrected chi connectivity index (χ1v) is 14.5. The second kappa shape index (κ2) is 12.2. The number of nitrogens with zero attached hydrogens (tertiary/aromatic N) is 2. The van der Waals surface area contributed by atoms with E-state index in [-0.39, 0.29) is 28.1 Å². The lowest BCUT2D eigenvalue weighted by Gasteiger charge is -2.33. The van der Waals surface area contributed by atoms with E-state index in [0.717, 1.165) is 21.0 Å². The number of carbonyl (C=O) groups excluding carboxylic acids is 2. The predicted molar refractivity (Wildman–Crippen MR) is 156 cm³/mol. The smallest absolute Gasteiger partial charge is 0.264 e. The van der Waals surface area contributed by atoms with Gasteiger partial charge in [-0.15, -0.1) is 0 Å². The van der Waals surface area contributed by atoms with E-state index in [1.165, 1.54) is 17.0 Å². The Morgan fingerprint density at radius 2 is 1.56 bits per heavy atom. The number of aryl methyl sites for hydroxylation is 2. The minimum absolute atomic E-state index is 0.0320. The molecule has 9 heteroatoms. The zero-order valence-electron chi connectivity index (χ0n) is 23.2. The van der Waals surface area contributed by atoms with Gasteiger partial charge in [0.15, 0.2) is 0 Å². The lowest BCUT2D eigenvalue weighted by molar-refractivity contribution is -0.140. The van der Waals surface area contributed by atoms with Crippen LogP contribution in [0.5, 0.6) is 0 Å². The van der Waals surface area contributed by atoms with Crippen molar-refractivity contribution < 1.29 is 18.0 Å². The molecule has 0 heterocycles. The summed E-state index contributed by atoms with van der Waals surface area (Å²) < 4.78 is 28.7. The summed E-state index contributed by atoms with van der Waals surface area (Å²) in [5.41, 5.74) is 2.39. The Labute approximate surface area is 236 Å². The van der Waals surface area contributed by atoms with Crippen molar-refractivity contribution in [3.8, 4) is 0 Å². The normalized spacial score (nSPS) is 12.5. The Morgan fingerprint density at radius 3 is 2.15 bits per heavy atom. The number of rotatable bonds is 9. The fourth-order valence-electron chi connectivity index (χ4n) is 4.07.